The summed E-state index contributed by atoms with van der Waals surface area (Å²) in [4.78, 5) is 11.6. The van der Waals surface area contributed by atoms with E-state index >= 15 is 0 Å². The maximum absolute atomic E-state index is 11.6. The van der Waals surface area contributed by atoms with Crippen molar-refractivity contribution >= 4 is 5.97 Å². The minimum Gasteiger partial charge on any atom is -0.493 e. The number of esters is 1. The van der Waals surface area contributed by atoms with Crippen molar-refractivity contribution < 1.29 is 14.3 Å². The number of hydrogen-bond acceptors (Lipinski definition) is 4. The molecule has 1 aromatic carbocycles. The summed E-state index contributed by atoms with van der Waals surface area (Å²) in [5.41, 5.74) is 1.22. The number of ether oxygens (including phenoxy) is 2. The lowest BCUT2D eigenvalue weighted by molar-refractivity contribution is -0.145. The summed E-state index contributed by atoms with van der Waals surface area (Å²) in [5, 5.41) is 3.25. The topological polar surface area (TPSA) is 47.6 Å². The molecule has 0 amide bonds. The van der Waals surface area contributed by atoms with Crippen LogP contribution in [-0.2, 0) is 9.53 Å². The number of benzene rings is 1. The average Bonchev–Trinajstić information content (AvgIpc) is 2.45. The highest BCUT2D eigenvalue weighted by atomic mass is 16.5. The van der Waals surface area contributed by atoms with Crippen LogP contribution in [-0.4, -0.2) is 31.8 Å². The summed E-state index contributed by atoms with van der Waals surface area (Å²) in [6.45, 7) is 5.57. The van der Waals surface area contributed by atoms with Gasteiger partial charge in [0.2, 0.25) is 0 Å². The molecular formula is C15H21NO3. The molecular weight excluding hydrogens is 242 g/mol. The standard InChI is InChI=1S/C15H21NO3/c1-3-18-15(17)11(2)16-10-12-8-9-19-14-7-5-4-6-13(12)14/h4-7,11-12,16H,3,8-10H2,1-2H3. The average molecular weight is 263 g/mol. The van der Waals surface area contributed by atoms with Crippen LogP contribution in [0, 0.1) is 0 Å². The summed E-state index contributed by atoms with van der Waals surface area (Å²) < 4.78 is 10.6. The Morgan fingerprint density at radius 2 is 2.32 bits per heavy atom. The molecule has 104 valence electrons. The fraction of sp³-hybridized carbons (Fsp3) is 0.533. The number of rotatable bonds is 5. The zero-order valence-electron chi connectivity index (χ0n) is 11.5. The minimum absolute atomic E-state index is 0.192. The highest BCUT2D eigenvalue weighted by Gasteiger charge is 2.22. The minimum atomic E-state index is -0.269. The van der Waals surface area contributed by atoms with Crippen LogP contribution >= 0.6 is 0 Å². The van der Waals surface area contributed by atoms with Crippen LogP contribution in [0.3, 0.4) is 0 Å². The molecule has 2 unspecified atom stereocenters. The van der Waals surface area contributed by atoms with Crippen molar-refractivity contribution in [3.8, 4) is 5.75 Å². The predicted octanol–water partition coefficient (Wildman–Crippen LogP) is 2.09. The number of carbonyl (C=O) groups is 1. The number of nitrogens with one attached hydrogen (secondary N) is 1. The van der Waals surface area contributed by atoms with Crippen molar-refractivity contribution in [1.82, 2.24) is 5.32 Å². The third kappa shape index (κ3) is 3.47. The van der Waals surface area contributed by atoms with Gasteiger partial charge in [0.1, 0.15) is 11.8 Å². The number of para-hydroxylation sites is 1. The van der Waals surface area contributed by atoms with Gasteiger partial charge in [-0.1, -0.05) is 18.2 Å². The third-order valence-electron chi connectivity index (χ3n) is 3.39. The lowest BCUT2D eigenvalue weighted by Gasteiger charge is -2.27. The number of fused-ring (bicyclic) bond motifs is 1. The number of hydrogen-bond donors (Lipinski definition) is 1. The summed E-state index contributed by atoms with van der Waals surface area (Å²) in [7, 11) is 0. The second-order valence-corrected chi connectivity index (χ2v) is 4.75. The maximum atomic E-state index is 11.6. The Kier molecular flexibility index (Phi) is 4.80. The van der Waals surface area contributed by atoms with E-state index in [0.717, 1.165) is 25.3 Å². The second-order valence-electron chi connectivity index (χ2n) is 4.75. The maximum Gasteiger partial charge on any atom is 0.322 e. The Hall–Kier alpha value is -1.55. The predicted molar refractivity (Wildman–Crippen MR) is 73.4 cm³/mol. The van der Waals surface area contributed by atoms with Crippen molar-refractivity contribution in [2.75, 3.05) is 19.8 Å². The first-order valence-electron chi connectivity index (χ1n) is 6.84. The zero-order chi connectivity index (χ0) is 13.7. The van der Waals surface area contributed by atoms with Gasteiger partial charge in [-0.05, 0) is 31.9 Å². The second kappa shape index (κ2) is 6.57. The van der Waals surface area contributed by atoms with E-state index in [0.29, 0.717) is 12.5 Å². The van der Waals surface area contributed by atoms with Crippen molar-refractivity contribution in [2.24, 2.45) is 0 Å². The van der Waals surface area contributed by atoms with E-state index < -0.39 is 0 Å². The molecule has 0 saturated carbocycles. The SMILES string of the molecule is CCOC(=O)C(C)NCC1CCOc2ccccc21. The third-order valence-corrected chi connectivity index (χ3v) is 3.39. The molecule has 2 rings (SSSR count). The first-order valence-corrected chi connectivity index (χ1v) is 6.84. The van der Waals surface area contributed by atoms with Crippen molar-refractivity contribution in [3.05, 3.63) is 29.8 Å². The molecule has 4 heteroatoms. The van der Waals surface area contributed by atoms with Gasteiger partial charge in [-0.15, -0.1) is 0 Å². The fourth-order valence-electron chi connectivity index (χ4n) is 2.30. The van der Waals surface area contributed by atoms with E-state index in [-0.39, 0.29) is 12.0 Å². The van der Waals surface area contributed by atoms with Crippen LogP contribution in [0.15, 0.2) is 24.3 Å². The molecule has 1 aliphatic rings. The van der Waals surface area contributed by atoms with Crippen LogP contribution < -0.4 is 10.1 Å². The van der Waals surface area contributed by atoms with Crippen LogP contribution in [0.2, 0.25) is 0 Å². The van der Waals surface area contributed by atoms with Crippen LogP contribution in [0.4, 0.5) is 0 Å². The fourth-order valence-corrected chi connectivity index (χ4v) is 2.30. The van der Waals surface area contributed by atoms with Gasteiger partial charge in [0.05, 0.1) is 13.2 Å². The van der Waals surface area contributed by atoms with Crippen LogP contribution in [0.1, 0.15) is 31.7 Å². The highest BCUT2D eigenvalue weighted by Crippen LogP contribution is 2.32. The van der Waals surface area contributed by atoms with E-state index in [9.17, 15) is 4.79 Å². The monoisotopic (exact) mass is 263 g/mol. The molecule has 0 fully saturated rings. The Labute approximate surface area is 114 Å². The van der Waals surface area contributed by atoms with Crippen molar-refractivity contribution in [3.63, 3.8) is 0 Å². The molecule has 4 nitrogen and oxygen atoms in total. The zero-order valence-corrected chi connectivity index (χ0v) is 11.5. The molecule has 1 aromatic rings. The Balaban J connectivity index is 1.92. The van der Waals surface area contributed by atoms with Gasteiger partial charge in [0, 0.05) is 12.5 Å². The van der Waals surface area contributed by atoms with Gasteiger partial charge >= 0.3 is 5.97 Å². The molecule has 0 aliphatic carbocycles. The van der Waals surface area contributed by atoms with Gasteiger partial charge in [-0.2, -0.15) is 0 Å². The summed E-state index contributed by atoms with van der Waals surface area (Å²) in [5.74, 6) is 1.16. The lowest BCUT2D eigenvalue weighted by Crippen LogP contribution is -2.38. The normalized spacial score (nSPS) is 19.2. The van der Waals surface area contributed by atoms with E-state index in [1.165, 1.54) is 5.56 Å². The summed E-state index contributed by atoms with van der Waals surface area (Å²) in [6.07, 6.45) is 0.972. The van der Waals surface area contributed by atoms with Crippen molar-refractivity contribution in [2.45, 2.75) is 32.2 Å². The lowest BCUT2D eigenvalue weighted by atomic mass is 9.93. The molecule has 1 heterocycles. The molecule has 2 atom stereocenters. The Morgan fingerprint density at radius 1 is 1.53 bits per heavy atom. The van der Waals surface area contributed by atoms with Gasteiger partial charge < -0.3 is 14.8 Å². The van der Waals surface area contributed by atoms with E-state index in [1.54, 1.807) is 0 Å². The van der Waals surface area contributed by atoms with E-state index in [2.05, 4.69) is 11.4 Å². The van der Waals surface area contributed by atoms with Crippen LogP contribution in [0.25, 0.3) is 0 Å². The smallest absolute Gasteiger partial charge is 0.322 e. The summed E-state index contributed by atoms with van der Waals surface area (Å²) in [6, 6.07) is 7.83. The molecule has 1 aliphatic heterocycles. The quantitative estimate of drug-likeness (QED) is 0.826. The van der Waals surface area contributed by atoms with Gasteiger partial charge in [-0.25, -0.2) is 0 Å². The van der Waals surface area contributed by atoms with Gasteiger partial charge in [-0.3, -0.25) is 4.79 Å². The molecule has 0 saturated heterocycles. The molecule has 0 spiro atoms. The first kappa shape index (κ1) is 13.9. The highest BCUT2D eigenvalue weighted by molar-refractivity contribution is 5.75. The molecule has 1 N–H and O–H groups in total. The number of carbonyl (C=O) groups excluding carboxylic acids is 1. The first-order chi connectivity index (χ1) is 9.22. The molecule has 0 aromatic heterocycles. The molecule has 0 radical (unpaired) electrons. The van der Waals surface area contributed by atoms with Crippen LogP contribution in [0.5, 0.6) is 5.75 Å². The molecule has 19 heavy (non-hydrogen) atoms. The van der Waals surface area contributed by atoms with Gasteiger partial charge in [0.25, 0.3) is 0 Å². The largest absolute Gasteiger partial charge is 0.493 e. The molecule has 0 bridgehead atoms. The Bertz CT molecular complexity index is 433. The van der Waals surface area contributed by atoms with E-state index in [1.807, 2.05) is 32.0 Å². The van der Waals surface area contributed by atoms with E-state index in [4.69, 9.17) is 9.47 Å². The van der Waals surface area contributed by atoms with Crippen molar-refractivity contribution in [1.29, 1.82) is 0 Å². The Morgan fingerprint density at radius 3 is 3.11 bits per heavy atom. The van der Waals surface area contributed by atoms with Gasteiger partial charge in [0.15, 0.2) is 0 Å². The summed E-state index contributed by atoms with van der Waals surface area (Å²) >= 11 is 0.